The third-order valence-electron chi connectivity index (χ3n) is 2.56. The summed E-state index contributed by atoms with van der Waals surface area (Å²) in [5, 5.41) is 5.85. The maximum atomic E-state index is 12.4. The van der Waals surface area contributed by atoms with E-state index < -0.39 is 17.8 Å². The van der Waals surface area contributed by atoms with Crippen molar-refractivity contribution in [2.24, 2.45) is 0 Å². The Kier molecular flexibility index (Phi) is 4.20. The molecule has 0 aromatic carbocycles. The van der Waals surface area contributed by atoms with Crippen molar-refractivity contribution in [3.05, 3.63) is 41.7 Å². The fourth-order valence-electron chi connectivity index (χ4n) is 1.60. The van der Waals surface area contributed by atoms with Gasteiger partial charge in [0.2, 0.25) is 5.91 Å². The van der Waals surface area contributed by atoms with E-state index in [0.717, 1.165) is 22.6 Å². The first-order valence-corrected chi connectivity index (χ1v) is 5.99. The molecule has 0 saturated heterocycles. The molecule has 2 aromatic rings. The summed E-state index contributed by atoms with van der Waals surface area (Å²) in [5.74, 6) is -0.455. The van der Waals surface area contributed by atoms with E-state index in [9.17, 15) is 18.0 Å². The van der Waals surface area contributed by atoms with E-state index in [4.69, 9.17) is 0 Å². The summed E-state index contributed by atoms with van der Waals surface area (Å²) in [6, 6.07) is 2.52. The summed E-state index contributed by atoms with van der Waals surface area (Å²) in [6.07, 6.45) is -2.03. The SMILES string of the molecule is Cc1cc(CNC(=O)Cn2ccc(C(F)(F)F)n2)ncn1. The Morgan fingerprint density at radius 3 is 2.76 bits per heavy atom. The van der Waals surface area contributed by atoms with Gasteiger partial charge in [0.1, 0.15) is 12.9 Å². The number of aryl methyl sites for hydroxylation is 1. The molecule has 0 radical (unpaired) electrons. The van der Waals surface area contributed by atoms with Crippen molar-refractivity contribution in [1.29, 1.82) is 0 Å². The van der Waals surface area contributed by atoms with E-state index in [1.807, 2.05) is 0 Å². The number of aromatic nitrogens is 4. The van der Waals surface area contributed by atoms with Crippen molar-refractivity contribution in [2.45, 2.75) is 26.2 Å². The predicted octanol–water partition coefficient (Wildman–Crippen LogP) is 1.32. The summed E-state index contributed by atoms with van der Waals surface area (Å²) < 4.78 is 38.0. The van der Waals surface area contributed by atoms with Gasteiger partial charge >= 0.3 is 6.18 Å². The minimum absolute atomic E-state index is 0.176. The van der Waals surface area contributed by atoms with Crippen molar-refractivity contribution in [1.82, 2.24) is 25.1 Å². The highest BCUT2D eigenvalue weighted by Gasteiger charge is 2.33. The van der Waals surface area contributed by atoms with E-state index in [2.05, 4.69) is 20.4 Å². The average Bonchev–Trinajstić information content (AvgIpc) is 2.85. The van der Waals surface area contributed by atoms with Crippen LogP contribution in [0.2, 0.25) is 0 Å². The van der Waals surface area contributed by atoms with Crippen molar-refractivity contribution < 1.29 is 18.0 Å². The van der Waals surface area contributed by atoms with Gasteiger partial charge in [0.15, 0.2) is 5.69 Å². The summed E-state index contributed by atoms with van der Waals surface area (Å²) >= 11 is 0. The molecule has 21 heavy (non-hydrogen) atoms. The van der Waals surface area contributed by atoms with Crippen LogP contribution in [0.1, 0.15) is 17.1 Å². The number of hydrogen-bond donors (Lipinski definition) is 1. The number of rotatable bonds is 4. The largest absolute Gasteiger partial charge is 0.435 e. The molecule has 0 aliphatic carbocycles. The number of amides is 1. The van der Waals surface area contributed by atoms with Gasteiger partial charge < -0.3 is 5.32 Å². The first-order valence-electron chi connectivity index (χ1n) is 5.99. The van der Waals surface area contributed by atoms with Gasteiger partial charge in [0, 0.05) is 11.9 Å². The molecule has 2 rings (SSSR count). The van der Waals surface area contributed by atoms with E-state index in [-0.39, 0.29) is 13.1 Å². The lowest BCUT2D eigenvalue weighted by molar-refractivity contribution is -0.141. The van der Waals surface area contributed by atoms with Gasteiger partial charge in [-0.2, -0.15) is 18.3 Å². The lowest BCUT2D eigenvalue weighted by Crippen LogP contribution is -2.28. The van der Waals surface area contributed by atoms with Crippen LogP contribution >= 0.6 is 0 Å². The summed E-state index contributed by atoms with van der Waals surface area (Å²) in [6.45, 7) is 1.67. The zero-order valence-electron chi connectivity index (χ0n) is 11.1. The molecule has 0 atom stereocenters. The third kappa shape index (κ3) is 4.26. The molecule has 6 nitrogen and oxygen atoms in total. The number of carbonyl (C=O) groups excluding carboxylic acids is 1. The first-order chi connectivity index (χ1) is 9.84. The number of nitrogens with zero attached hydrogens (tertiary/aromatic N) is 4. The lowest BCUT2D eigenvalue weighted by atomic mass is 10.3. The standard InChI is InChI=1S/C12H12F3N5O/c1-8-4-9(18-7-17-8)5-16-11(21)6-20-3-2-10(19-20)12(13,14)15/h2-4,7H,5-6H2,1H3,(H,16,21). The number of halogens is 3. The Morgan fingerprint density at radius 1 is 1.38 bits per heavy atom. The summed E-state index contributed by atoms with van der Waals surface area (Å²) in [4.78, 5) is 19.5. The molecule has 2 aromatic heterocycles. The Hall–Kier alpha value is -2.45. The molecule has 112 valence electrons. The second kappa shape index (κ2) is 5.90. The highest BCUT2D eigenvalue weighted by molar-refractivity contribution is 5.75. The smallest absolute Gasteiger partial charge is 0.349 e. The molecule has 9 heteroatoms. The topological polar surface area (TPSA) is 72.7 Å². The number of nitrogens with one attached hydrogen (secondary N) is 1. The van der Waals surface area contributed by atoms with Crippen LogP contribution in [0, 0.1) is 6.92 Å². The molecule has 1 N–H and O–H groups in total. The van der Waals surface area contributed by atoms with Gasteiger partial charge in [-0.05, 0) is 19.1 Å². The Morgan fingerprint density at radius 2 is 2.14 bits per heavy atom. The van der Waals surface area contributed by atoms with Crippen LogP contribution in [0.3, 0.4) is 0 Å². The van der Waals surface area contributed by atoms with Crippen LogP contribution in [-0.4, -0.2) is 25.7 Å². The van der Waals surface area contributed by atoms with Crippen LogP contribution in [0.4, 0.5) is 13.2 Å². The molecule has 0 unspecified atom stereocenters. The van der Waals surface area contributed by atoms with Crippen molar-refractivity contribution >= 4 is 5.91 Å². The highest BCUT2D eigenvalue weighted by Crippen LogP contribution is 2.27. The molecule has 0 fully saturated rings. The molecule has 0 aliphatic rings. The summed E-state index contributed by atoms with van der Waals surface area (Å²) in [7, 11) is 0. The maximum Gasteiger partial charge on any atom is 0.435 e. The second-order valence-electron chi connectivity index (χ2n) is 4.32. The fourth-order valence-corrected chi connectivity index (χ4v) is 1.60. The van der Waals surface area contributed by atoms with Crippen molar-refractivity contribution in [3.8, 4) is 0 Å². The van der Waals surface area contributed by atoms with Gasteiger partial charge in [-0.3, -0.25) is 9.48 Å². The van der Waals surface area contributed by atoms with Crippen molar-refractivity contribution in [2.75, 3.05) is 0 Å². The number of hydrogen-bond acceptors (Lipinski definition) is 4. The zero-order chi connectivity index (χ0) is 15.5. The lowest BCUT2D eigenvalue weighted by Gasteiger charge is -2.05. The molecule has 2 heterocycles. The maximum absolute atomic E-state index is 12.4. The molecule has 0 bridgehead atoms. The fraction of sp³-hybridized carbons (Fsp3) is 0.333. The Balaban J connectivity index is 1.89. The monoisotopic (exact) mass is 299 g/mol. The zero-order valence-corrected chi connectivity index (χ0v) is 11.1. The van der Waals surface area contributed by atoms with E-state index >= 15 is 0 Å². The van der Waals surface area contributed by atoms with Crippen LogP contribution in [0.25, 0.3) is 0 Å². The highest BCUT2D eigenvalue weighted by atomic mass is 19.4. The van der Waals surface area contributed by atoms with Gasteiger partial charge in [-0.15, -0.1) is 0 Å². The van der Waals surface area contributed by atoms with Crippen LogP contribution in [0.15, 0.2) is 24.7 Å². The van der Waals surface area contributed by atoms with E-state index in [1.54, 1.807) is 13.0 Å². The molecule has 0 aliphatic heterocycles. The van der Waals surface area contributed by atoms with Crippen LogP contribution < -0.4 is 5.32 Å². The predicted molar refractivity (Wildman–Crippen MR) is 65.8 cm³/mol. The number of carbonyl (C=O) groups is 1. The Labute approximate surface area is 118 Å². The normalized spacial score (nSPS) is 11.4. The second-order valence-corrected chi connectivity index (χ2v) is 4.32. The van der Waals surface area contributed by atoms with E-state index in [0.29, 0.717) is 5.69 Å². The molecular weight excluding hydrogens is 287 g/mol. The van der Waals surface area contributed by atoms with Gasteiger partial charge in [0.05, 0.1) is 12.2 Å². The minimum atomic E-state index is -4.51. The minimum Gasteiger partial charge on any atom is -0.349 e. The molecule has 0 spiro atoms. The summed E-state index contributed by atoms with van der Waals surface area (Å²) in [5.41, 5.74) is 0.352. The molecule has 0 saturated carbocycles. The third-order valence-corrected chi connectivity index (χ3v) is 2.56. The van der Waals surface area contributed by atoms with Crippen molar-refractivity contribution in [3.63, 3.8) is 0 Å². The van der Waals surface area contributed by atoms with Crippen LogP contribution in [0.5, 0.6) is 0 Å². The molecule has 1 amide bonds. The average molecular weight is 299 g/mol. The van der Waals surface area contributed by atoms with Gasteiger partial charge in [0.25, 0.3) is 0 Å². The first kappa shape index (κ1) is 14.9. The Bertz CT molecular complexity index is 638. The molecular formula is C12H12F3N5O. The van der Waals surface area contributed by atoms with Gasteiger partial charge in [-0.1, -0.05) is 0 Å². The van der Waals surface area contributed by atoms with Crippen LogP contribution in [-0.2, 0) is 24.1 Å². The number of alkyl halides is 3. The van der Waals surface area contributed by atoms with E-state index in [1.165, 1.54) is 6.33 Å². The quantitative estimate of drug-likeness (QED) is 0.924. The van der Waals surface area contributed by atoms with Gasteiger partial charge in [-0.25, -0.2) is 9.97 Å².